The number of fused-ring (bicyclic) bond motifs is 1. The van der Waals surface area contributed by atoms with Crippen LogP contribution in [0.2, 0.25) is 0 Å². The molecule has 0 bridgehead atoms. The van der Waals surface area contributed by atoms with Gasteiger partial charge in [-0.2, -0.15) is 5.10 Å². The average Bonchev–Trinajstić information content (AvgIpc) is 3.19. The highest BCUT2D eigenvalue weighted by molar-refractivity contribution is 6.04. The van der Waals surface area contributed by atoms with Crippen molar-refractivity contribution in [1.29, 1.82) is 0 Å². The second kappa shape index (κ2) is 6.55. The van der Waals surface area contributed by atoms with Crippen molar-refractivity contribution in [3.63, 3.8) is 0 Å². The summed E-state index contributed by atoms with van der Waals surface area (Å²) in [4.78, 5) is 12.6. The second-order valence-corrected chi connectivity index (χ2v) is 6.56. The molecule has 1 amide bonds. The van der Waals surface area contributed by atoms with E-state index < -0.39 is 0 Å². The standard InChI is InChI=1S/C21H21N3O/c1-24-20(18-8-5-9-19(18)23-24)22-21(25)17-12-10-16(11-13-17)14-15-6-3-2-4-7-15/h2-4,6-7,10-13H,5,8-9,14H2,1H3,(H,22,25). The number of aromatic nitrogens is 2. The van der Waals surface area contributed by atoms with Gasteiger partial charge in [0.25, 0.3) is 5.91 Å². The third-order valence-electron chi connectivity index (χ3n) is 4.77. The SMILES string of the molecule is Cn1nc2c(c1NC(=O)c1ccc(Cc3ccccc3)cc1)CCC2. The van der Waals surface area contributed by atoms with Crippen molar-refractivity contribution in [2.45, 2.75) is 25.7 Å². The van der Waals surface area contributed by atoms with Crippen LogP contribution < -0.4 is 5.32 Å². The summed E-state index contributed by atoms with van der Waals surface area (Å²) in [7, 11) is 1.89. The van der Waals surface area contributed by atoms with Crippen LogP contribution in [0.15, 0.2) is 54.6 Å². The van der Waals surface area contributed by atoms with E-state index in [1.54, 1.807) is 4.68 Å². The normalized spacial score (nSPS) is 12.8. The lowest BCUT2D eigenvalue weighted by atomic mass is 10.0. The van der Waals surface area contributed by atoms with Crippen molar-refractivity contribution in [3.8, 4) is 0 Å². The number of hydrogen-bond donors (Lipinski definition) is 1. The van der Waals surface area contributed by atoms with E-state index in [0.29, 0.717) is 5.56 Å². The molecule has 126 valence electrons. The molecule has 0 fully saturated rings. The third-order valence-corrected chi connectivity index (χ3v) is 4.77. The van der Waals surface area contributed by atoms with Crippen molar-refractivity contribution in [2.75, 3.05) is 5.32 Å². The van der Waals surface area contributed by atoms with Crippen molar-refractivity contribution in [2.24, 2.45) is 7.05 Å². The number of anilines is 1. The molecule has 1 heterocycles. The van der Waals surface area contributed by atoms with E-state index in [4.69, 9.17) is 0 Å². The molecule has 3 aromatic rings. The Kier molecular flexibility index (Phi) is 4.10. The summed E-state index contributed by atoms with van der Waals surface area (Å²) >= 11 is 0. The third kappa shape index (κ3) is 3.20. The average molecular weight is 331 g/mol. The van der Waals surface area contributed by atoms with Crippen molar-refractivity contribution in [3.05, 3.63) is 82.5 Å². The second-order valence-electron chi connectivity index (χ2n) is 6.56. The minimum atomic E-state index is -0.0797. The Morgan fingerprint density at radius 3 is 2.52 bits per heavy atom. The number of nitrogens with one attached hydrogen (secondary N) is 1. The Balaban J connectivity index is 1.48. The molecule has 4 heteroatoms. The fourth-order valence-corrected chi connectivity index (χ4v) is 3.46. The molecule has 0 saturated carbocycles. The highest BCUT2D eigenvalue weighted by Crippen LogP contribution is 2.28. The summed E-state index contributed by atoms with van der Waals surface area (Å²) in [6.45, 7) is 0. The van der Waals surface area contributed by atoms with E-state index in [1.165, 1.54) is 16.7 Å². The largest absolute Gasteiger partial charge is 0.307 e. The lowest BCUT2D eigenvalue weighted by molar-refractivity contribution is 0.102. The van der Waals surface area contributed by atoms with Gasteiger partial charge in [0.15, 0.2) is 0 Å². The Hall–Kier alpha value is -2.88. The van der Waals surface area contributed by atoms with Crippen LogP contribution in [0.25, 0.3) is 0 Å². The topological polar surface area (TPSA) is 46.9 Å². The first-order valence-electron chi connectivity index (χ1n) is 8.69. The maximum atomic E-state index is 12.6. The van der Waals surface area contributed by atoms with Gasteiger partial charge in [0, 0.05) is 18.2 Å². The molecule has 4 rings (SSSR count). The monoisotopic (exact) mass is 331 g/mol. The van der Waals surface area contributed by atoms with E-state index in [1.807, 2.05) is 49.5 Å². The number of benzene rings is 2. The van der Waals surface area contributed by atoms with Crippen LogP contribution in [0, 0.1) is 0 Å². The van der Waals surface area contributed by atoms with E-state index in [0.717, 1.165) is 37.2 Å². The highest BCUT2D eigenvalue weighted by atomic mass is 16.1. The van der Waals surface area contributed by atoms with Crippen LogP contribution in [-0.2, 0) is 26.3 Å². The van der Waals surface area contributed by atoms with Crippen LogP contribution in [0.3, 0.4) is 0 Å². The van der Waals surface area contributed by atoms with E-state index in [2.05, 4.69) is 22.5 Å². The molecule has 0 aliphatic heterocycles. The molecule has 0 atom stereocenters. The van der Waals surface area contributed by atoms with Gasteiger partial charge in [-0.3, -0.25) is 9.48 Å². The maximum absolute atomic E-state index is 12.6. The molecular weight excluding hydrogens is 310 g/mol. The van der Waals surface area contributed by atoms with E-state index in [9.17, 15) is 4.79 Å². The summed E-state index contributed by atoms with van der Waals surface area (Å²) in [6, 6.07) is 18.2. The predicted octanol–water partition coefficient (Wildman–Crippen LogP) is 3.75. The molecule has 25 heavy (non-hydrogen) atoms. The molecule has 2 aromatic carbocycles. The van der Waals surface area contributed by atoms with Gasteiger partial charge in [-0.1, -0.05) is 42.5 Å². The fourth-order valence-electron chi connectivity index (χ4n) is 3.46. The number of nitrogens with zero attached hydrogens (tertiary/aromatic N) is 2. The zero-order valence-electron chi connectivity index (χ0n) is 14.3. The minimum absolute atomic E-state index is 0.0797. The summed E-state index contributed by atoms with van der Waals surface area (Å²) in [6.07, 6.45) is 4.00. The summed E-state index contributed by atoms with van der Waals surface area (Å²) in [5.41, 5.74) is 5.45. The molecule has 1 aliphatic rings. The Labute approximate surface area is 147 Å². The number of amides is 1. The van der Waals surface area contributed by atoms with E-state index >= 15 is 0 Å². The fraction of sp³-hybridized carbons (Fsp3) is 0.238. The molecule has 0 saturated heterocycles. The number of carbonyl (C=O) groups is 1. The number of hydrogen-bond acceptors (Lipinski definition) is 2. The summed E-state index contributed by atoms with van der Waals surface area (Å²) < 4.78 is 1.78. The Morgan fingerprint density at radius 1 is 1.04 bits per heavy atom. The van der Waals surface area contributed by atoms with Gasteiger partial charge in [-0.15, -0.1) is 0 Å². The zero-order chi connectivity index (χ0) is 17.2. The molecular formula is C21H21N3O. The summed E-state index contributed by atoms with van der Waals surface area (Å²) in [5, 5.41) is 7.54. The van der Waals surface area contributed by atoms with Gasteiger partial charge in [0.05, 0.1) is 5.69 Å². The lowest BCUT2D eigenvalue weighted by Crippen LogP contribution is -2.15. The molecule has 1 N–H and O–H groups in total. The van der Waals surface area contributed by atoms with Gasteiger partial charge in [0.2, 0.25) is 0 Å². The first kappa shape index (κ1) is 15.6. The molecule has 0 radical (unpaired) electrons. The van der Waals surface area contributed by atoms with Gasteiger partial charge < -0.3 is 5.32 Å². The molecule has 4 nitrogen and oxygen atoms in total. The zero-order valence-corrected chi connectivity index (χ0v) is 14.3. The maximum Gasteiger partial charge on any atom is 0.256 e. The van der Waals surface area contributed by atoms with Crippen LogP contribution >= 0.6 is 0 Å². The predicted molar refractivity (Wildman–Crippen MR) is 98.9 cm³/mol. The van der Waals surface area contributed by atoms with Gasteiger partial charge >= 0.3 is 0 Å². The van der Waals surface area contributed by atoms with Gasteiger partial charge in [0.1, 0.15) is 5.82 Å². The lowest BCUT2D eigenvalue weighted by Gasteiger charge is -2.08. The van der Waals surface area contributed by atoms with Gasteiger partial charge in [-0.25, -0.2) is 0 Å². The van der Waals surface area contributed by atoms with Crippen LogP contribution in [0.5, 0.6) is 0 Å². The van der Waals surface area contributed by atoms with Gasteiger partial charge in [-0.05, 0) is 48.9 Å². The van der Waals surface area contributed by atoms with Crippen molar-refractivity contribution < 1.29 is 4.79 Å². The number of aryl methyl sites for hydroxylation is 2. The Bertz CT molecular complexity index is 895. The Morgan fingerprint density at radius 2 is 1.76 bits per heavy atom. The first-order valence-corrected chi connectivity index (χ1v) is 8.69. The molecule has 0 spiro atoms. The van der Waals surface area contributed by atoms with Crippen LogP contribution in [-0.4, -0.2) is 15.7 Å². The molecule has 1 aromatic heterocycles. The number of carbonyl (C=O) groups excluding carboxylic acids is 1. The minimum Gasteiger partial charge on any atom is -0.307 e. The van der Waals surface area contributed by atoms with Crippen LogP contribution in [0.1, 0.15) is 39.2 Å². The van der Waals surface area contributed by atoms with Crippen molar-refractivity contribution in [1.82, 2.24) is 9.78 Å². The van der Waals surface area contributed by atoms with E-state index in [-0.39, 0.29) is 5.91 Å². The first-order chi connectivity index (χ1) is 12.2. The van der Waals surface area contributed by atoms with Crippen LogP contribution in [0.4, 0.5) is 5.82 Å². The highest BCUT2D eigenvalue weighted by Gasteiger charge is 2.22. The molecule has 0 unspecified atom stereocenters. The van der Waals surface area contributed by atoms with Crippen molar-refractivity contribution >= 4 is 11.7 Å². The molecule has 1 aliphatic carbocycles. The smallest absolute Gasteiger partial charge is 0.256 e. The number of rotatable bonds is 4. The summed E-state index contributed by atoms with van der Waals surface area (Å²) in [5.74, 6) is 0.759. The quantitative estimate of drug-likeness (QED) is 0.791.